The summed E-state index contributed by atoms with van der Waals surface area (Å²) in [7, 11) is -3.75. The Kier molecular flexibility index (Phi) is 3.17. The van der Waals surface area contributed by atoms with Crippen LogP contribution >= 0.6 is 0 Å². The van der Waals surface area contributed by atoms with Gasteiger partial charge in [-0.1, -0.05) is 12.1 Å². The Morgan fingerprint density at radius 3 is 2.52 bits per heavy atom. The van der Waals surface area contributed by atoms with Crippen LogP contribution in [-0.2, 0) is 9.84 Å². The summed E-state index contributed by atoms with van der Waals surface area (Å²) in [6.07, 6.45) is 0. The Balaban J connectivity index is 1.88. The minimum absolute atomic E-state index is 0.000455. The van der Waals surface area contributed by atoms with Crippen LogP contribution in [0.4, 0.5) is 4.39 Å². The lowest BCUT2D eigenvalue weighted by Crippen LogP contribution is -2.00. The summed E-state index contributed by atoms with van der Waals surface area (Å²) in [5, 5.41) is 10.2. The number of hydrogen-bond donors (Lipinski definition) is 1. The number of fused-ring (bicyclic) bond motifs is 1. The van der Waals surface area contributed by atoms with Crippen molar-refractivity contribution in [3.8, 4) is 11.5 Å². The van der Waals surface area contributed by atoms with Crippen molar-refractivity contribution in [2.45, 2.75) is 4.90 Å². The van der Waals surface area contributed by atoms with Crippen LogP contribution in [-0.4, -0.2) is 20.1 Å². The number of halogens is 1. The lowest BCUT2D eigenvalue weighted by Gasteiger charge is -2.08. The molecular weight excluding hydrogens is 295 g/mol. The van der Waals surface area contributed by atoms with Crippen molar-refractivity contribution < 1.29 is 22.7 Å². The smallest absolute Gasteiger partial charge is 0.203 e. The Labute approximate surface area is 121 Å². The predicted molar refractivity (Wildman–Crippen MR) is 75.2 cm³/mol. The third-order valence-electron chi connectivity index (χ3n) is 3.13. The van der Waals surface area contributed by atoms with E-state index < -0.39 is 15.7 Å². The number of ether oxygens (including phenoxy) is 1. The second-order valence-corrected chi connectivity index (χ2v) is 6.32. The fraction of sp³-hybridized carbons (Fsp3) is 0.0667. The molecule has 2 aromatic rings. The van der Waals surface area contributed by atoms with Gasteiger partial charge in [0.1, 0.15) is 28.8 Å². The van der Waals surface area contributed by atoms with Gasteiger partial charge in [0.15, 0.2) is 0 Å². The van der Waals surface area contributed by atoms with Gasteiger partial charge in [-0.15, -0.1) is 0 Å². The molecule has 0 amide bonds. The molecule has 0 fully saturated rings. The Bertz CT molecular complexity index is 823. The summed E-state index contributed by atoms with van der Waals surface area (Å²) in [4.78, 5) is -0.297. The van der Waals surface area contributed by atoms with Gasteiger partial charge in [0.05, 0.1) is 0 Å². The average molecular weight is 306 g/mol. The molecule has 0 saturated carbocycles. The minimum Gasteiger partial charge on any atom is -0.508 e. The van der Waals surface area contributed by atoms with Crippen molar-refractivity contribution in [2.75, 3.05) is 6.61 Å². The molecular formula is C15H11FO4S. The van der Waals surface area contributed by atoms with Gasteiger partial charge in [-0.3, -0.25) is 0 Å². The molecule has 6 heteroatoms. The number of sulfone groups is 1. The van der Waals surface area contributed by atoms with E-state index in [9.17, 15) is 17.9 Å². The number of benzene rings is 2. The van der Waals surface area contributed by atoms with Crippen molar-refractivity contribution in [2.24, 2.45) is 0 Å². The highest BCUT2D eigenvalue weighted by Gasteiger charge is 2.30. The van der Waals surface area contributed by atoms with E-state index in [4.69, 9.17) is 4.74 Å². The van der Waals surface area contributed by atoms with E-state index in [1.807, 2.05) is 0 Å². The zero-order valence-corrected chi connectivity index (χ0v) is 11.6. The molecule has 4 nitrogen and oxygen atoms in total. The topological polar surface area (TPSA) is 63.6 Å². The van der Waals surface area contributed by atoms with Crippen molar-refractivity contribution in [3.05, 3.63) is 59.3 Å². The zero-order chi connectivity index (χ0) is 15.0. The first-order valence-corrected chi connectivity index (χ1v) is 7.68. The minimum atomic E-state index is -3.75. The lowest BCUT2D eigenvalue weighted by molar-refractivity contribution is 0.368. The molecule has 1 aliphatic heterocycles. The standard InChI is InChI=1S/C15H11FO4S/c16-14-3-1-2-13-10(9-21(18,19)15(13)14)8-20-12-6-4-11(17)5-7-12/h1-7,9,17H,8H2. The summed E-state index contributed by atoms with van der Waals surface area (Å²) in [6, 6.07) is 10.2. The molecule has 0 atom stereocenters. The number of rotatable bonds is 3. The fourth-order valence-corrected chi connectivity index (χ4v) is 3.71. The molecule has 0 unspecified atom stereocenters. The monoisotopic (exact) mass is 306 g/mol. The van der Waals surface area contributed by atoms with Crippen molar-refractivity contribution in [1.29, 1.82) is 0 Å². The molecule has 1 heterocycles. The van der Waals surface area contributed by atoms with E-state index >= 15 is 0 Å². The molecule has 0 aliphatic carbocycles. The number of phenolic OH excluding ortho intramolecular Hbond substituents is 1. The molecule has 3 rings (SSSR count). The molecule has 0 bridgehead atoms. The maximum atomic E-state index is 13.7. The van der Waals surface area contributed by atoms with Gasteiger partial charge in [0, 0.05) is 16.5 Å². The van der Waals surface area contributed by atoms with Crippen molar-refractivity contribution in [3.63, 3.8) is 0 Å². The maximum absolute atomic E-state index is 13.7. The second kappa shape index (κ2) is 4.89. The van der Waals surface area contributed by atoms with Crippen LogP contribution in [0.3, 0.4) is 0 Å². The van der Waals surface area contributed by atoms with Crippen LogP contribution in [0.1, 0.15) is 5.56 Å². The number of aromatic hydroxyl groups is 1. The third-order valence-corrected chi connectivity index (χ3v) is 4.70. The average Bonchev–Trinajstić information content (AvgIpc) is 2.71. The van der Waals surface area contributed by atoms with Gasteiger partial charge in [-0.2, -0.15) is 0 Å². The molecule has 0 aromatic heterocycles. The van der Waals surface area contributed by atoms with Crippen LogP contribution in [0.2, 0.25) is 0 Å². The van der Waals surface area contributed by atoms with E-state index in [2.05, 4.69) is 0 Å². The van der Waals surface area contributed by atoms with Crippen LogP contribution < -0.4 is 4.74 Å². The van der Waals surface area contributed by atoms with Crippen LogP contribution in [0.15, 0.2) is 52.8 Å². The molecule has 0 saturated heterocycles. The first-order valence-electron chi connectivity index (χ1n) is 6.14. The van der Waals surface area contributed by atoms with Crippen LogP contribution in [0.5, 0.6) is 11.5 Å². The number of phenols is 1. The second-order valence-electron chi connectivity index (χ2n) is 4.59. The molecule has 0 radical (unpaired) electrons. The Morgan fingerprint density at radius 2 is 1.81 bits per heavy atom. The Morgan fingerprint density at radius 1 is 1.10 bits per heavy atom. The van der Waals surface area contributed by atoms with E-state index in [1.165, 1.54) is 18.2 Å². The van der Waals surface area contributed by atoms with E-state index in [1.54, 1.807) is 18.2 Å². The highest BCUT2D eigenvalue weighted by Crippen LogP contribution is 2.35. The molecule has 108 valence electrons. The van der Waals surface area contributed by atoms with Gasteiger partial charge in [-0.05, 0) is 30.3 Å². The van der Waals surface area contributed by atoms with E-state index in [0.717, 1.165) is 11.5 Å². The number of hydrogen-bond acceptors (Lipinski definition) is 4. The first-order chi connectivity index (χ1) is 9.97. The largest absolute Gasteiger partial charge is 0.508 e. The van der Waals surface area contributed by atoms with Crippen molar-refractivity contribution in [1.82, 2.24) is 0 Å². The normalized spacial score (nSPS) is 15.4. The zero-order valence-electron chi connectivity index (χ0n) is 10.8. The van der Waals surface area contributed by atoms with Gasteiger partial charge in [0.25, 0.3) is 0 Å². The summed E-state index contributed by atoms with van der Waals surface area (Å²) < 4.78 is 43.0. The highest BCUT2D eigenvalue weighted by molar-refractivity contribution is 7.95. The van der Waals surface area contributed by atoms with Gasteiger partial charge in [-0.25, -0.2) is 12.8 Å². The Hall–Kier alpha value is -2.34. The maximum Gasteiger partial charge on any atom is 0.203 e. The third kappa shape index (κ3) is 2.50. The van der Waals surface area contributed by atoms with Crippen LogP contribution in [0.25, 0.3) is 5.57 Å². The highest BCUT2D eigenvalue weighted by atomic mass is 32.2. The van der Waals surface area contributed by atoms with Gasteiger partial charge in [0.2, 0.25) is 9.84 Å². The first kappa shape index (κ1) is 13.6. The summed E-state index contributed by atoms with van der Waals surface area (Å²) >= 11 is 0. The van der Waals surface area contributed by atoms with Gasteiger partial charge >= 0.3 is 0 Å². The summed E-state index contributed by atoms with van der Waals surface area (Å²) in [6.45, 7) is 0.000455. The SMILES string of the molecule is O=S1(=O)C=C(COc2ccc(O)cc2)c2cccc(F)c21. The summed E-state index contributed by atoms with van der Waals surface area (Å²) in [5.41, 5.74) is 0.728. The van der Waals surface area contributed by atoms with Crippen molar-refractivity contribution >= 4 is 15.4 Å². The van der Waals surface area contributed by atoms with Gasteiger partial charge < -0.3 is 9.84 Å². The lowest BCUT2D eigenvalue weighted by atomic mass is 10.1. The fourth-order valence-electron chi connectivity index (χ4n) is 2.18. The molecule has 1 N–H and O–H groups in total. The predicted octanol–water partition coefficient (Wildman–Crippen LogP) is 2.74. The molecule has 21 heavy (non-hydrogen) atoms. The van der Waals surface area contributed by atoms with E-state index in [-0.39, 0.29) is 17.3 Å². The molecule has 2 aromatic carbocycles. The quantitative estimate of drug-likeness (QED) is 0.947. The molecule has 0 spiro atoms. The summed E-state index contributed by atoms with van der Waals surface area (Å²) in [5.74, 6) is -0.170. The molecule has 1 aliphatic rings. The van der Waals surface area contributed by atoms with E-state index in [0.29, 0.717) is 16.9 Å². The van der Waals surface area contributed by atoms with Crippen LogP contribution in [0, 0.1) is 5.82 Å².